The molecule has 6 nitrogen and oxygen atoms in total. The molecule has 2 heterocycles. The van der Waals surface area contributed by atoms with E-state index in [9.17, 15) is 9.59 Å². The summed E-state index contributed by atoms with van der Waals surface area (Å²) in [5.74, 6) is -0.761. The van der Waals surface area contributed by atoms with Gasteiger partial charge < -0.3 is 20.3 Å². The van der Waals surface area contributed by atoms with Crippen molar-refractivity contribution in [1.29, 1.82) is 0 Å². The van der Waals surface area contributed by atoms with Crippen molar-refractivity contribution in [2.45, 2.75) is 25.4 Å². The van der Waals surface area contributed by atoms with Crippen molar-refractivity contribution < 1.29 is 14.7 Å². The minimum atomic E-state index is -0.927. The van der Waals surface area contributed by atoms with Crippen LogP contribution in [-0.2, 0) is 11.3 Å². The molecule has 98 valence electrons. The Morgan fingerprint density at radius 1 is 1.67 bits per heavy atom. The van der Waals surface area contributed by atoms with Gasteiger partial charge in [0.25, 0.3) is 0 Å². The van der Waals surface area contributed by atoms with E-state index >= 15 is 0 Å². The highest BCUT2D eigenvalue weighted by atomic mass is 16.4. The molecular formula is C12H17N3O3. The number of carboxylic acid groups (broad SMARTS) is 1. The van der Waals surface area contributed by atoms with E-state index in [2.05, 4.69) is 10.3 Å². The first kappa shape index (κ1) is 12.6. The van der Waals surface area contributed by atoms with Gasteiger partial charge in [-0.1, -0.05) is 0 Å². The number of aromatic nitrogens is 1. The Kier molecular flexibility index (Phi) is 3.66. The Labute approximate surface area is 105 Å². The van der Waals surface area contributed by atoms with Crippen molar-refractivity contribution in [2.75, 3.05) is 13.6 Å². The number of likely N-dealkylation sites (tertiary alicyclic amines) is 1. The van der Waals surface area contributed by atoms with Crippen molar-refractivity contribution in [1.82, 2.24) is 15.2 Å². The summed E-state index contributed by atoms with van der Waals surface area (Å²) in [6.45, 7) is 1.14. The third-order valence-corrected chi connectivity index (χ3v) is 3.26. The molecule has 0 radical (unpaired) electrons. The number of hydrogen-bond donors (Lipinski definition) is 3. The maximum Gasteiger partial charge on any atom is 0.337 e. The monoisotopic (exact) mass is 251 g/mol. The topological polar surface area (TPSA) is 85.4 Å². The van der Waals surface area contributed by atoms with Crippen molar-refractivity contribution in [2.24, 2.45) is 0 Å². The van der Waals surface area contributed by atoms with Gasteiger partial charge in [-0.3, -0.25) is 4.79 Å². The van der Waals surface area contributed by atoms with Gasteiger partial charge in [-0.2, -0.15) is 0 Å². The lowest BCUT2D eigenvalue weighted by molar-refractivity contribution is -0.132. The Hall–Kier alpha value is -1.82. The number of nitrogens with zero attached hydrogens (tertiary/aromatic N) is 1. The zero-order valence-electron chi connectivity index (χ0n) is 10.3. The summed E-state index contributed by atoms with van der Waals surface area (Å²) in [4.78, 5) is 26.9. The smallest absolute Gasteiger partial charge is 0.337 e. The molecule has 1 fully saturated rings. The third-order valence-electron chi connectivity index (χ3n) is 3.26. The van der Waals surface area contributed by atoms with E-state index in [0.29, 0.717) is 30.8 Å². The van der Waals surface area contributed by atoms with Crippen molar-refractivity contribution in [3.05, 3.63) is 23.5 Å². The Balaban J connectivity index is 1.90. The van der Waals surface area contributed by atoms with E-state index in [1.165, 1.54) is 0 Å². The standard InChI is InChI=1S/C12H17N3O3/c1-15-7-8(2-3-11(15)16)14-6-10-9(12(17)18)4-5-13-10/h4-5,8,13-14H,2-3,6-7H2,1H3,(H,17,18). The SMILES string of the molecule is CN1CC(NCc2[nH]ccc2C(=O)O)CCC1=O. The van der Waals surface area contributed by atoms with Crippen molar-refractivity contribution >= 4 is 11.9 Å². The van der Waals surface area contributed by atoms with E-state index in [-0.39, 0.29) is 11.9 Å². The molecule has 3 N–H and O–H groups in total. The molecular weight excluding hydrogens is 234 g/mol. The molecule has 2 rings (SSSR count). The van der Waals surface area contributed by atoms with E-state index < -0.39 is 5.97 Å². The fraction of sp³-hybridized carbons (Fsp3) is 0.500. The number of piperidine rings is 1. The van der Waals surface area contributed by atoms with Crippen LogP contribution >= 0.6 is 0 Å². The molecule has 1 amide bonds. The Morgan fingerprint density at radius 3 is 3.11 bits per heavy atom. The molecule has 1 aliphatic rings. The molecule has 1 unspecified atom stereocenters. The number of carbonyl (C=O) groups excluding carboxylic acids is 1. The number of hydrogen-bond acceptors (Lipinski definition) is 3. The average molecular weight is 251 g/mol. The first-order chi connectivity index (χ1) is 8.58. The van der Waals surface area contributed by atoms with Crippen LogP contribution in [0.15, 0.2) is 12.3 Å². The van der Waals surface area contributed by atoms with E-state index in [4.69, 9.17) is 5.11 Å². The van der Waals surface area contributed by atoms with Crippen LogP contribution in [0, 0.1) is 0 Å². The van der Waals surface area contributed by atoms with Crippen molar-refractivity contribution in [3.8, 4) is 0 Å². The summed E-state index contributed by atoms with van der Waals surface area (Å²) in [7, 11) is 1.79. The first-order valence-corrected chi connectivity index (χ1v) is 5.95. The Morgan fingerprint density at radius 2 is 2.44 bits per heavy atom. The molecule has 0 bridgehead atoms. The highest BCUT2D eigenvalue weighted by Gasteiger charge is 2.22. The fourth-order valence-corrected chi connectivity index (χ4v) is 2.18. The summed E-state index contributed by atoms with van der Waals surface area (Å²) in [6, 6.07) is 1.77. The number of H-pyrrole nitrogens is 1. The summed E-state index contributed by atoms with van der Waals surface area (Å²) in [5, 5.41) is 12.2. The molecule has 1 aromatic heterocycles. The molecule has 1 atom stereocenters. The lowest BCUT2D eigenvalue weighted by atomic mass is 10.1. The predicted molar refractivity (Wildman–Crippen MR) is 65.3 cm³/mol. The zero-order valence-corrected chi connectivity index (χ0v) is 10.3. The van der Waals surface area contributed by atoms with Crippen LogP contribution in [0.4, 0.5) is 0 Å². The van der Waals surface area contributed by atoms with Crippen LogP contribution in [0.5, 0.6) is 0 Å². The van der Waals surface area contributed by atoms with Gasteiger partial charge in [-0.25, -0.2) is 4.79 Å². The molecule has 1 aliphatic heterocycles. The first-order valence-electron chi connectivity index (χ1n) is 5.95. The molecule has 0 saturated carbocycles. The van der Waals surface area contributed by atoms with Gasteiger partial charge in [0.2, 0.25) is 5.91 Å². The maximum atomic E-state index is 11.3. The quantitative estimate of drug-likeness (QED) is 0.724. The van der Waals surface area contributed by atoms with Crippen molar-refractivity contribution in [3.63, 3.8) is 0 Å². The second-order valence-electron chi connectivity index (χ2n) is 4.57. The molecule has 1 saturated heterocycles. The van der Waals surface area contributed by atoms with Gasteiger partial charge in [0.15, 0.2) is 0 Å². The number of aromatic carboxylic acids is 1. The largest absolute Gasteiger partial charge is 0.478 e. The van der Waals surface area contributed by atoms with Gasteiger partial charge in [0, 0.05) is 44.5 Å². The van der Waals surface area contributed by atoms with E-state index in [1.807, 2.05) is 0 Å². The normalized spacial score (nSPS) is 20.2. The lowest BCUT2D eigenvalue weighted by Gasteiger charge is -2.30. The highest BCUT2D eigenvalue weighted by Crippen LogP contribution is 2.11. The van der Waals surface area contributed by atoms with Crippen LogP contribution in [0.2, 0.25) is 0 Å². The molecule has 0 aromatic carbocycles. The second kappa shape index (κ2) is 5.22. The van der Waals surface area contributed by atoms with Gasteiger partial charge in [-0.15, -0.1) is 0 Å². The van der Waals surface area contributed by atoms with Gasteiger partial charge in [0.1, 0.15) is 0 Å². The van der Waals surface area contributed by atoms with E-state index in [1.54, 1.807) is 24.2 Å². The number of amides is 1. The summed E-state index contributed by atoms with van der Waals surface area (Å²) < 4.78 is 0. The molecule has 1 aromatic rings. The Bertz CT molecular complexity index is 455. The van der Waals surface area contributed by atoms with Gasteiger partial charge >= 0.3 is 5.97 Å². The number of rotatable bonds is 4. The molecule has 0 spiro atoms. The summed E-state index contributed by atoms with van der Waals surface area (Å²) >= 11 is 0. The average Bonchev–Trinajstić information content (AvgIpc) is 2.79. The molecule has 0 aliphatic carbocycles. The predicted octanol–water partition coefficient (Wildman–Crippen LogP) is 0.423. The maximum absolute atomic E-state index is 11.3. The summed E-state index contributed by atoms with van der Waals surface area (Å²) in [5.41, 5.74) is 0.963. The number of aromatic amines is 1. The van der Waals surface area contributed by atoms with Crippen LogP contribution in [0.3, 0.4) is 0 Å². The van der Waals surface area contributed by atoms with Crippen LogP contribution in [0.25, 0.3) is 0 Å². The third kappa shape index (κ3) is 2.70. The van der Waals surface area contributed by atoms with E-state index in [0.717, 1.165) is 6.42 Å². The number of carboxylic acids is 1. The number of carbonyl (C=O) groups is 2. The summed E-state index contributed by atoms with van der Waals surface area (Å²) in [6.07, 6.45) is 2.97. The fourth-order valence-electron chi connectivity index (χ4n) is 2.18. The minimum absolute atomic E-state index is 0.166. The minimum Gasteiger partial charge on any atom is -0.478 e. The number of nitrogens with one attached hydrogen (secondary N) is 2. The van der Waals surface area contributed by atoms with Crippen LogP contribution < -0.4 is 5.32 Å². The van der Waals surface area contributed by atoms with Gasteiger partial charge in [-0.05, 0) is 12.5 Å². The highest BCUT2D eigenvalue weighted by molar-refractivity contribution is 5.88. The van der Waals surface area contributed by atoms with Gasteiger partial charge in [0.05, 0.1) is 5.56 Å². The zero-order chi connectivity index (χ0) is 13.1. The molecule has 18 heavy (non-hydrogen) atoms. The number of likely N-dealkylation sites (N-methyl/N-ethyl adjacent to an activating group) is 1. The lowest BCUT2D eigenvalue weighted by Crippen LogP contribution is -2.46. The van der Waals surface area contributed by atoms with Crippen LogP contribution in [-0.4, -0.2) is 46.5 Å². The van der Waals surface area contributed by atoms with Crippen LogP contribution in [0.1, 0.15) is 28.9 Å². The second-order valence-corrected chi connectivity index (χ2v) is 4.57. The molecule has 6 heteroatoms.